The fourth-order valence-corrected chi connectivity index (χ4v) is 4.88. The lowest BCUT2D eigenvalue weighted by atomic mass is 9.88. The largest absolute Gasteiger partial charge is 0.346 e. The van der Waals surface area contributed by atoms with E-state index in [0.29, 0.717) is 16.2 Å². The molecule has 1 unspecified atom stereocenters. The summed E-state index contributed by atoms with van der Waals surface area (Å²) in [6, 6.07) is 9.88. The Balaban J connectivity index is 1.37. The second kappa shape index (κ2) is 10.5. The molecule has 4 amide bonds. The molecule has 206 valence electrons. The Bertz CT molecular complexity index is 1470. The number of halogens is 2. The summed E-state index contributed by atoms with van der Waals surface area (Å²) in [7, 11) is 0. The van der Waals surface area contributed by atoms with Gasteiger partial charge in [-0.1, -0.05) is 30.0 Å². The molecule has 5 rings (SSSR count). The van der Waals surface area contributed by atoms with E-state index in [1.54, 1.807) is 30.5 Å². The summed E-state index contributed by atoms with van der Waals surface area (Å²) in [5, 5.41) is 2.96. The van der Waals surface area contributed by atoms with Crippen LogP contribution in [0.3, 0.4) is 0 Å². The number of urea groups is 1. The number of rotatable bonds is 4. The minimum atomic E-state index is -1.54. The average Bonchev–Trinajstić information content (AvgIpc) is 2.91. The summed E-state index contributed by atoms with van der Waals surface area (Å²) in [5.41, 5.74) is -1.19. The summed E-state index contributed by atoms with van der Waals surface area (Å²) < 4.78 is 36.0. The lowest BCUT2D eigenvalue weighted by Crippen LogP contribution is -2.72. The summed E-state index contributed by atoms with van der Waals surface area (Å²) in [6.07, 6.45) is 1.96. The summed E-state index contributed by atoms with van der Waals surface area (Å²) in [6.45, 7) is 5.34. The molecular formula is C29H27F2N5O4. The monoisotopic (exact) mass is 547 g/mol. The number of carbonyl (C=O) groups excluding carboxylic acids is 3. The molecule has 11 heteroatoms. The van der Waals surface area contributed by atoms with E-state index in [1.807, 2.05) is 19.9 Å². The van der Waals surface area contributed by atoms with E-state index in [9.17, 15) is 14.4 Å². The number of nitrogens with zero attached hydrogens (tertiary/aromatic N) is 4. The van der Waals surface area contributed by atoms with E-state index >= 15 is 8.78 Å². The van der Waals surface area contributed by atoms with Gasteiger partial charge in [0.25, 0.3) is 5.91 Å². The molecule has 0 saturated carbocycles. The van der Waals surface area contributed by atoms with Crippen LogP contribution in [0.5, 0.6) is 0 Å². The highest BCUT2D eigenvalue weighted by atomic mass is 19.1. The Labute approximate surface area is 230 Å². The Morgan fingerprint density at radius 2 is 1.73 bits per heavy atom. The molecule has 2 aromatic rings. The summed E-state index contributed by atoms with van der Waals surface area (Å²) in [4.78, 5) is 47.6. The molecule has 3 heterocycles. The highest BCUT2D eigenvalue weighted by molar-refractivity contribution is 6.19. The van der Waals surface area contributed by atoms with Crippen molar-refractivity contribution in [3.63, 3.8) is 0 Å². The molecule has 9 nitrogen and oxygen atoms in total. The normalized spacial score (nSPS) is 22.6. The van der Waals surface area contributed by atoms with Crippen LogP contribution >= 0.6 is 0 Å². The van der Waals surface area contributed by atoms with Gasteiger partial charge in [-0.3, -0.25) is 9.59 Å². The minimum absolute atomic E-state index is 0.0336. The maximum absolute atomic E-state index is 15.2. The number of carbonyl (C=O) groups is 3. The van der Waals surface area contributed by atoms with Gasteiger partial charge in [-0.2, -0.15) is 0 Å². The van der Waals surface area contributed by atoms with Gasteiger partial charge in [0.15, 0.2) is 11.6 Å². The third-order valence-electron chi connectivity index (χ3n) is 6.81. The lowest BCUT2D eigenvalue weighted by molar-refractivity contribution is -0.149. The first-order chi connectivity index (χ1) is 19.1. The van der Waals surface area contributed by atoms with E-state index in [2.05, 4.69) is 22.2 Å². The second-order valence-corrected chi connectivity index (χ2v) is 10.0. The second-order valence-electron chi connectivity index (χ2n) is 10.0. The first kappa shape index (κ1) is 27.0. The molecule has 2 aromatic carbocycles. The fourth-order valence-electron chi connectivity index (χ4n) is 4.88. The molecule has 2 fully saturated rings. The van der Waals surface area contributed by atoms with Crippen LogP contribution in [0.15, 0.2) is 59.4 Å². The van der Waals surface area contributed by atoms with E-state index < -0.39 is 53.5 Å². The summed E-state index contributed by atoms with van der Waals surface area (Å²) >= 11 is 0. The van der Waals surface area contributed by atoms with Crippen molar-refractivity contribution in [2.24, 2.45) is 4.99 Å². The molecule has 3 aliphatic heterocycles. The van der Waals surface area contributed by atoms with Crippen molar-refractivity contribution in [1.82, 2.24) is 15.1 Å². The van der Waals surface area contributed by atoms with Crippen LogP contribution in [0, 0.1) is 23.5 Å². The van der Waals surface area contributed by atoms with Crippen molar-refractivity contribution in [2.75, 3.05) is 18.0 Å². The van der Waals surface area contributed by atoms with Gasteiger partial charge in [0, 0.05) is 30.4 Å². The molecule has 40 heavy (non-hydrogen) atoms. The highest BCUT2D eigenvalue weighted by Crippen LogP contribution is 2.37. The number of imide groups is 1. The average molecular weight is 548 g/mol. The number of hydrogen-bond acceptors (Lipinski definition) is 6. The van der Waals surface area contributed by atoms with Gasteiger partial charge in [-0.25, -0.2) is 23.5 Å². The van der Waals surface area contributed by atoms with E-state index in [-0.39, 0.29) is 24.8 Å². The predicted octanol–water partition coefficient (Wildman–Crippen LogP) is 3.35. The molecule has 2 saturated heterocycles. The number of nitrogens with one attached hydrogen (secondary N) is 1. The first-order valence-corrected chi connectivity index (χ1v) is 12.8. The van der Waals surface area contributed by atoms with E-state index in [0.717, 1.165) is 12.1 Å². The fraction of sp³-hybridized carbons (Fsp3) is 0.310. The van der Waals surface area contributed by atoms with Gasteiger partial charge >= 0.3 is 6.03 Å². The molecular weight excluding hydrogens is 520 g/mol. The van der Waals surface area contributed by atoms with Crippen LogP contribution in [0.25, 0.3) is 0 Å². The zero-order valence-electron chi connectivity index (χ0n) is 22.1. The van der Waals surface area contributed by atoms with Gasteiger partial charge in [-0.05, 0) is 45.0 Å². The maximum Gasteiger partial charge on any atom is 0.332 e. The number of fused-ring (bicyclic) bond motifs is 1. The zero-order chi connectivity index (χ0) is 28.6. The molecule has 0 spiro atoms. The Morgan fingerprint density at radius 1 is 1.05 bits per heavy atom. The minimum Gasteiger partial charge on any atom is -0.346 e. The number of benzene rings is 2. The van der Waals surface area contributed by atoms with Gasteiger partial charge in [-0.15, -0.1) is 0 Å². The molecule has 2 atom stereocenters. The molecule has 0 radical (unpaired) electrons. The molecule has 1 N–H and O–H groups in total. The predicted molar refractivity (Wildman–Crippen MR) is 143 cm³/mol. The molecule has 0 aromatic heterocycles. The zero-order valence-corrected chi connectivity index (χ0v) is 22.1. The molecule has 3 aliphatic rings. The number of allylic oxidation sites excluding steroid dienone is 1. The van der Waals surface area contributed by atoms with Crippen molar-refractivity contribution in [1.29, 1.82) is 0 Å². The van der Waals surface area contributed by atoms with Crippen molar-refractivity contribution < 1.29 is 27.9 Å². The Hall–Kier alpha value is -4.56. The third kappa shape index (κ3) is 4.94. The van der Waals surface area contributed by atoms with Gasteiger partial charge in [0.1, 0.15) is 11.2 Å². The SMILES string of the molecule is CC(C)OC1N=CC(N2CCN3C(=O)N(c4c(F)cc(C#Cc5ccccc5)cc4F)C(=O)C[C@@]3(C)C2=O)=CN1. The maximum atomic E-state index is 15.2. The van der Waals surface area contributed by atoms with Crippen LogP contribution in [-0.2, 0) is 14.3 Å². The number of hydrogen-bond donors (Lipinski definition) is 1. The van der Waals surface area contributed by atoms with Crippen molar-refractivity contribution in [3.05, 3.63) is 77.1 Å². The lowest BCUT2D eigenvalue weighted by Gasteiger charge is -2.51. The number of amides is 4. The van der Waals surface area contributed by atoms with Gasteiger partial charge in [0.05, 0.1) is 24.4 Å². The number of ether oxygens (including phenoxy) is 1. The van der Waals surface area contributed by atoms with Crippen LogP contribution < -0.4 is 10.2 Å². The smallest absolute Gasteiger partial charge is 0.332 e. The Morgan fingerprint density at radius 3 is 2.35 bits per heavy atom. The highest BCUT2D eigenvalue weighted by Gasteiger charge is 2.56. The number of aliphatic imine (C=N–C) groups is 1. The van der Waals surface area contributed by atoms with Crippen molar-refractivity contribution in [3.8, 4) is 11.8 Å². The van der Waals surface area contributed by atoms with Gasteiger partial charge in [0.2, 0.25) is 12.3 Å². The number of anilines is 1. The standard InChI is InChI=1S/C29H27F2N5O4/c1-18(2)40-27-32-16-21(17-33-27)34-11-12-35-28(39)36(24(37)15-29(35,3)26(34)38)25-22(30)13-20(14-23(25)31)10-9-19-7-5-4-6-8-19/h4-8,13-14,16-18,27,32H,11-12,15H2,1-3H3/t27?,29-/m0/s1. The quantitative estimate of drug-likeness (QED) is 0.593. The van der Waals surface area contributed by atoms with Crippen LogP contribution in [0.2, 0.25) is 0 Å². The van der Waals surface area contributed by atoms with E-state index in [1.165, 1.54) is 22.9 Å². The van der Waals surface area contributed by atoms with Crippen molar-refractivity contribution in [2.45, 2.75) is 45.2 Å². The van der Waals surface area contributed by atoms with Gasteiger partial charge < -0.3 is 19.9 Å². The first-order valence-electron chi connectivity index (χ1n) is 12.8. The Kier molecular flexibility index (Phi) is 7.12. The molecule has 0 bridgehead atoms. The van der Waals surface area contributed by atoms with E-state index in [4.69, 9.17) is 4.74 Å². The van der Waals surface area contributed by atoms with Crippen molar-refractivity contribution >= 4 is 29.7 Å². The summed E-state index contributed by atoms with van der Waals surface area (Å²) in [5.74, 6) is 1.89. The van der Waals surface area contributed by atoms with Crippen LogP contribution in [0.4, 0.5) is 19.3 Å². The topological polar surface area (TPSA) is 94.6 Å². The molecule has 0 aliphatic carbocycles. The van der Waals surface area contributed by atoms with Crippen LogP contribution in [0.1, 0.15) is 38.3 Å². The third-order valence-corrected chi connectivity index (χ3v) is 6.81. The van der Waals surface area contributed by atoms with Crippen LogP contribution in [-0.4, -0.2) is 64.9 Å². The number of piperazine rings is 1.